The van der Waals surface area contributed by atoms with E-state index in [9.17, 15) is 9.18 Å². The molecule has 1 aromatic carbocycles. The summed E-state index contributed by atoms with van der Waals surface area (Å²) in [7, 11) is 0. The zero-order valence-electron chi connectivity index (χ0n) is 11.6. The third kappa shape index (κ3) is 2.21. The van der Waals surface area contributed by atoms with Crippen LogP contribution in [-0.2, 0) is 0 Å². The summed E-state index contributed by atoms with van der Waals surface area (Å²) in [5.41, 5.74) is 0.889. The summed E-state index contributed by atoms with van der Waals surface area (Å²) in [4.78, 5) is 15.3. The predicted molar refractivity (Wildman–Crippen MR) is 79.9 cm³/mol. The van der Waals surface area contributed by atoms with Crippen LogP contribution in [-0.4, -0.2) is 36.5 Å². The Morgan fingerprint density at radius 3 is 3.05 bits per heavy atom. The van der Waals surface area contributed by atoms with Crippen LogP contribution in [0.15, 0.2) is 18.2 Å². The van der Waals surface area contributed by atoms with Crippen LogP contribution < -0.4 is 5.32 Å². The van der Waals surface area contributed by atoms with Crippen LogP contribution in [0.3, 0.4) is 0 Å². The third-order valence-corrected chi connectivity index (χ3v) is 5.12. The zero-order chi connectivity index (χ0) is 14.3. The normalized spacial score (nSPS) is 19.6. The van der Waals surface area contributed by atoms with Crippen LogP contribution in [0.25, 0.3) is 10.1 Å². The molecular formula is C15H17FN2OS. The monoisotopic (exact) mass is 292 g/mol. The summed E-state index contributed by atoms with van der Waals surface area (Å²) < 4.78 is 14.3. The lowest BCUT2D eigenvalue weighted by Crippen LogP contribution is -2.52. The molecular weight excluding hydrogens is 275 g/mol. The van der Waals surface area contributed by atoms with E-state index in [2.05, 4.69) is 5.32 Å². The number of hydrogen-bond acceptors (Lipinski definition) is 3. The van der Waals surface area contributed by atoms with E-state index in [4.69, 9.17) is 0 Å². The molecule has 2 heterocycles. The number of rotatable bonds is 1. The zero-order valence-corrected chi connectivity index (χ0v) is 12.4. The van der Waals surface area contributed by atoms with Crippen molar-refractivity contribution in [1.29, 1.82) is 0 Å². The smallest absolute Gasteiger partial charge is 0.264 e. The molecule has 0 radical (unpaired) electrons. The van der Waals surface area contributed by atoms with E-state index in [1.807, 2.05) is 18.7 Å². The number of thiophene rings is 1. The molecule has 0 aliphatic carbocycles. The number of amides is 1. The molecule has 1 aliphatic heterocycles. The molecule has 1 fully saturated rings. The van der Waals surface area contributed by atoms with Gasteiger partial charge in [0.15, 0.2) is 0 Å². The van der Waals surface area contributed by atoms with Crippen LogP contribution in [0.4, 0.5) is 4.39 Å². The highest BCUT2D eigenvalue weighted by atomic mass is 32.1. The highest BCUT2D eigenvalue weighted by molar-refractivity contribution is 7.21. The van der Waals surface area contributed by atoms with E-state index >= 15 is 0 Å². The molecule has 3 nitrogen and oxygen atoms in total. The SMILES string of the molecule is Cc1c(C(=O)N2CCNC[C@@H]2C)sc2ccc(F)cc12. The van der Waals surface area contributed by atoms with Crippen molar-refractivity contribution in [3.05, 3.63) is 34.5 Å². The first-order valence-corrected chi connectivity index (χ1v) is 7.60. The minimum atomic E-state index is -0.257. The molecule has 1 atom stereocenters. The molecule has 1 amide bonds. The summed E-state index contributed by atoms with van der Waals surface area (Å²) in [5, 5.41) is 4.13. The van der Waals surface area contributed by atoms with E-state index in [0.717, 1.165) is 40.2 Å². The highest BCUT2D eigenvalue weighted by Crippen LogP contribution is 2.32. The Morgan fingerprint density at radius 2 is 2.30 bits per heavy atom. The van der Waals surface area contributed by atoms with E-state index in [1.54, 1.807) is 6.07 Å². The Hall–Kier alpha value is -1.46. The Balaban J connectivity index is 2.01. The van der Waals surface area contributed by atoms with Gasteiger partial charge in [0.1, 0.15) is 5.82 Å². The average Bonchev–Trinajstić information content (AvgIpc) is 2.76. The summed E-state index contributed by atoms with van der Waals surface area (Å²) in [6.45, 7) is 6.33. The van der Waals surface area contributed by atoms with Gasteiger partial charge in [-0.25, -0.2) is 4.39 Å². The lowest BCUT2D eigenvalue weighted by molar-refractivity contribution is 0.0660. The number of benzene rings is 1. The maximum absolute atomic E-state index is 13.3. The quantitative estimate of drug-likeness (QED) is 0.876. The average molecular weight is 292 g/mol. The second-order valence-electron chi connectivity index (χ2n) is 5.25. The fraction of sp³-hybridized carbons (Fsp3) is 0.400. The van der Waals surface area contributed by atoms with Crippen molar-refractivity contribution in [2.24, 2.45) is 0 Å². The number of carbonyl (C=O) groups is 1. The fourth-order valence-corrected chi connectivity index (χ4v) is 3.82. The minimum absolute atomic E-state index is 0.0677. The van der Waals surface area contributed by atoms with Crippen molar-refractivity contribution >= 4 is 27.3 Å². The van der Waals surface area contributed by atoms with Crippen molar-refractivity contribution < 1.29 is 9.18 Å². The lowest BCUT2D eigenvalue weighted by Gasteiger charge is -2.33. The van der Waals surface area contributed by atoms with Crippen molar-refractivity contribution in [2.75, 3.05) is 19.6 Å². The van der Waals surface area contributed by atoms with Gasteiger partial charge in [0.2, 0.25) is 0 Å². The van der Waals surface area contributed by atoms with Crippen molar-refractivity contribution in [2.45, 2.75) is 19.9 Å². The third-order valence-electron chi connectivity index (χ3n) is 3.85. The number of aryl methyl sites for hydroxylation is 1. The van der Waals surface area contributed by atoms with Gasteiger partial charge in [-0.3, -0.25) is 4.79 Å². The summed E-state index contributed by atoms with van der Waals surface area (Å²) in [6.07, 6.45) is 0. The molecule has 1 saturated heterocycles. The molecule has 0 unspecified atom stereocenters. The van der Waals surface area contributed by atoms with Crippen LogP contribution in [0.2, 0.25) is 0 Å². The molecule has 0 saturated carbocycles. The summed E-state index contributed by atoms with van der Waals surface area (Å²) in [6, 6.07) is 4.90. The molecule has 5 heteroatoms. The van der Waals surface area contributed by atoms with Gasteiger partial charge in [-0.1, -0.05) is 0 Å². The Morgan fingerprint density at radius 1 is 1.50 bits per heavy atom. The molecule has 3 rings (SSSR count). The molecule has 1 aliphatic rings. The number of nitrogens with one attached hydrogen (secondary N) is 1. The van der Waals surface area contributed by atoms with Crippen LogP contribution in [0, 0.1) is 12.7 Å². The van der Waals surface area contributed by atoms with E-state index in [1.165, 1.54) is 23.5 Å². The molecule has 106 valence electrons. The second kappa shape index (κ2) is 5.14. The molecule has 2 aromatic rings. The van der Waals surface area contributed by atoms with Crippen LogP contribution >= 0.6 is 11.3 Å². The van der Waals surface area contributed by atoms with Gasteiger partial charge in [-0.15, -0.1) is 11.3 Å². The number of hydrogen-bond donors (Lipinski definition) is 1. The maximum atomic E-state index is 13.3. The topological polar surface area (TPSA) is 32.3 Å². The molecule has 1 aromatic heterocycles. The van der Waals surface area contributed by atoms with Gasteiger partial charge >= 0.3 is 0 Å². The molecule has 0 bridgehead atoms. The van der Waals surface area contributed by atoms with Gasteiger partial charge in [0.05, 0.1) is 4.88 Å². The number of carbonyl (C=O) groups excluding carboxylic acids is 1. The van der Waals surface area contributed by atoms with Crippen LogP contribution in [0.1, 0.15) is 22.2 Å². The Labute approximate surface area is 121 Å². The molecule has 0 spiro atoms. The number of halogens is 1. The van der Waals surface area contributed by atoms with Gasteiger partial charge in [-0.05, 0) is 43.0 Å². The fourth-order valence-electron chi connectivity index (χ4n) is 2.67. The highest BCUT2D eigenvalue weighted by Gasteiger charge is 2.27. The summed E-state index contributed by atoms with van der Waals surface area (Å²) in [5.74, 6) is -0.189. The van der Waals surface area contributed by atoms with Gasteiger partial charge in [-0.2, -0.15) is 0 Å². The predicted octanol–water partition coefficient (Wildman–Crippen LogP) is 2.78. The van der Waals surface area contributed by atoms with Crippen LogP contribution in [0.5, 0.6) is 0 Å². The van der Waals surface area contributed by atoms with Crippen molar-refractivity contribution in [3.63, 3.8) is 0 Å². The maximum Gasteiger partial charge on any atom is 0.264 e. The van der Waals surface area contributed by atoms with E-state index in [-0.39, 0.29) is 17.8 Å². The largest absolute Gasteiger partial charge is 0.333 e. The first-order valence-electron chi connectivity index (χ1n) is 6.78. The van der Waals surface area contributed by atoms with Gasteiger partial charge < -0.3 is 10.2 Å². The standard InChI is InChI=1S/C15H17FN2OS/c1-9-8-17-5-6-18(9)15(19)14-10(2)12-7-11(16)3-4-13(12)20-14/h3-4,7,9,17H,5-6,8H2,1-2H3/t9-/m0/s1. The van der Waals surface area contributed by atoms with Gasteiger partial charge in [0, 0.05) is 30.4 Å². The Bertz CT molecular complexity index is 667. The Kier molecular flexibility index (Phi) is 3.48. The lowest BCUT2D eigenvalue weighted by atomic mass is 10.1. The number of piperazine rings is 1. The van der Waals surface area contributed by atoms with Crippen molar-refractivity contribution in [1.82, 2.24) is 10.2 Å². The number of fused-ring (bicyclic) bond motifs is 1. The first kappa shape index (κ1) is 13.5. The summed E-state index contributed by atoms with van der Waals surface area (Å²) >= 11 is 1.46. The van der Waals surface area contributed by atoms with Crippen molar-refractivity contribution in [3.8, 4) is 0 Å². The second-order valence-corrected chi connectivity index (χ2v) is 6.30. The van der Waals surface area contributed by atoms with E-state index in [0.29, 0.717) is 0 Å². The van der Waals surface area contributed by atoms with E-state index < -0.39 is 0 Å². The first-order chi connectivity index (χ1) is 9.58. The molecule has 20 heavy (non-hydrogen) atoms. The molecule has 1 N–H and O–H groups in total. The number of nitrogens with zero attached hydrogens (tertiary/aromatic N) is 1. The van der Waals surface area contributed by atoms with Gasteiger partial charge in [0.25, 0.3) is 5.91 Å². The minimum Gasteiger partial charge on any atom is -0.333 e.